The van der Waals surface area contributed by atoms with Crippen molar-refractivity contribution >= 4 is 35.3 Å². The van der Waals surface area contributed by atoms with Crippen LogP contribution in [0.1, 0.15) is 16.7 Å². The summed E-state index contributed by atoms with van der Waals surface area (Å²) in [6, 6.07) is 10.1. The summed E-state index contributed by atoms with van der Waals surface area (Å²) in [5, 5.41) is 16.8. The van der Waals surface area contributed by atoms with Gasteiger partial charge in [-0.1, -0.05) is 35.9 Å². The van der Waals surface area contributed by atoms with Crippen LogP contribution in [0.15, 0.2) is 54.2 Å². The van der Waals surface area contributed by atoms with Gasteiger partial charge in [-0.15, -0.1) is 6.58 Å². The molecule has 3 N–H and O–H groups in total. The highest BCUT2D eigenvalue weighted by Crippen LogP contribution is 2.23. The smallest absolute Gasteiger partial charge is 0.329 e. The highest BCUT2D eigenvalue weighted by atomic mass is 35.5. The molecule has 0 radical (unpaired) electrons. The molecule has 2 rings (SSSR count). The first kappa shape index (κ1) is 19.2. The van der Waals surface area contributed by atoms with E-state index in [0.717, 1.165) is 0 Å². The first-order valence-corrected chi connectivity index (χ1v) is 8.13. The summed E-state index contributed by atoms with van der Waals surface area (Å²) in [6.07, 6.45) is 3.43. The number of benzene rings is 2. The summed E-state index contributed by atoms with van der Waals surface area (Å²) in [6.45, 7) is 5.35. The lowest BCUT2D eigenvalue weighted by Gasteiger charge is -2.08. The molecule has 0 aromatic heterocycles. The van der Waals surface area contributed by atoms with Crippen molar-refractivity contribution in [3.05, 3.63) is 70.8 Å². The molecule has 0 spiro atoms. The minimum absolute atomic E-state index is 0.0457. The predicted molar refractivity (Wildman–Crippen MR) is 103 cm³/mol. The van der Waals surface area contributed by atoms with Crippen molar-refractivity contribution in [2.45, 2.75) is 13.3 Å². The molecule has 2 aromatic rings. The van der Waals surface area contributed by atoms with Gasteiger partial charge < -0.3 is 10.4 Å². The molecule has 0 fully saturated rings. The molecule has 134 valence electrons. The normalized spacial score (nSPS) is 10.5. The lowest BCUT2D eigenvalue weighted by molar-refractivity contribution is -0.136. The van der Waals surface area contributed by atoms with Crippen LogP contribution in [0.5, 0.6) is 5.75 Å². The molecule has 26 heavy (non-hydrogen) atoms. The number of carbonyl (C=O) groups is 2. The minimum atomic E-state index is -0.942. The zero-order valence-corrected chi connectivity index (χ0v) is 14.9. The first-order chi connectivity index (χ1) is 12.4. The Balaban J connectivity index is 2.01. The largest absolute Gasteiger partial charge is 0.507 e. The van der Waals surface area contributed by atoms with E-state index in [1.165, 1.54) is 6.21 Å². The lowest BCUT2D eigenvalue weighted by atomic mass is 10.1. The van der Waals surface area contributed by atoms with Gasteiger partial charge in [-0.2, -0.15) is 5.10 Å². The summed E-state index contributed by atoms with van der Waals surface area (Å²) < 4.78 is 0. The molecule has 0 unspecified atom stereocenters. The number of halogens is 1. The summed E-state index contributed by atoms with van der Waals surface area (Å²) >= 11 is 5.97. The highest BCUT2D eigenvalue weighted by molar-refractivity contribution is 6.40. The average Bonchev–Trinajstić information content (AvgIpc) is 2.62. The van der Waals surface area contributed by atoms with Crippen LogP contribution in [0.3, 0.4) is 0 Å². The van der Waals surface area contributed by atoms with E-state index >= 15 is 0 Å². The molecule has 0 saturated heterocycles. The average molecular weight is 372 g/mol. The third kappa shape index (κ3) is 4.70. The fourth-order valence-corrected chi connectivity index (χ4v) is 2.34. The van der Waals surface area contributed by atoms with E-state index < -0.39 is 11.8 Å². The van der Waals surface area contributed by atoms with Gasteiger partial charge in [-0.3, -0.25) is 9.59 Å². The van der Waals surface area contributed by atoms with Gasteiger partial charge in [0.2, 0.25) is 0 Å². The van der Waals surface area contributed by atoms with E-state index in [1.807, 2.05) is 0 Å². The van der Waals surface area contributed by atoms with E-state index in [-0.39, 0.29) is 5.75 Å². The van der Waals surface area contributed by atoms with Gasteiger partial charge in [0, 0.05) is 16.3 Å². The number of nitrogens with zero attached hydrogens (tertiary/aromatic N) is 1. The molecule has 6 nitrogen and oxygen atoms in total. The van der Waals surface area contributed by atoms with Gasteiger partial charge in [0.1, 0.15) is 5.75 Å². The van der Waals surface area contributed by atoms with Gasteiger partial charge in [0.15, 0.2) is 0 Å². The fourth-order valence-electron chi connectivity index (χ4n) is 2.17. The standard InChI is InChI=1S/C19H18ClN3O3/c1-3-6-13-7-4-8-14(17(13)24)11-21-23-19(26)18(25)22-16-10-5-9-15(20)12(16)2/h3-5,7-11,24H,1,6H2,2H3,(H,22,25)(H,23,26)/b21-11-. The number of amides is 2. The molecule has 0 saturated carbocycles. The number of hydrogen-bond donors (Lipinski definition) is 3. The highest BCUT2D eigenvalue weighted by Gasteiger charge is 2.14. The summed E-state index contributed by atoms with van der Waals surface area (Å²) in [5.41, 5.74) is 4.31. The molecule has 0 bridgehead atoms. The van der Waals surface area contributed by atoms with Crippen molar-refractivity contribution in [3.8, 4) is 5.75 Å². The topological polar surface area (TPSA) is 90.8 Å². The van der Waals surface area contributed by atoms with Crippen LogP contribution >= 0.6 is 11.6 Å². The van der Waals surface area contributed by atoms with Crippen LogP contribution in [0.4, 0.5) is 5.69 Å². The number of hydrogen-bond acceptors (Lipinski definition) is 4. The number of nitrogens with one attached hydrogen (secondary N) is 2. The Hall–Kier alpha value is -3.12. The van der Waals surface area contributed by atoms with E-state index in [0.29, 0.717) is 33.8 Å². The number of rotatable bonds is 5. The zero-order valence-electron chi connectivity index (χ0n) is 14.1. The fraction of sp³-hybridized carbons (Fsp3) is 0.105. The van der Waals surface area contributed by atoms with Gasteiger partial charge in [-0.05, 0) is 42.7 Å². The van der Waals surface area contributed by atoms with E-state index in [9.17, 15) is 14.7 Å². The van der Waals surface area contributed by atoms with Crippen LogP contribution < -0.4 is 10.7 Å². The van der Waals surface area contributed by atoms with E-state index in [1.54, 1.807) is 49.4 Å². The molecular formula is C19H18ClN3O3. The zero-order chi connectivity index (χ0) is 19.1. The Morgan fingerprint density at radius 2 is 1.96 bits per heavy atom. The predicted octanol–water partition coefficient (Wildman–Crippen LogP) is 3.17. The van der Waals surface area contributed by atoms with Crippen LogP contribution in [-0.4, -0.2) is 23.1 Å². The third-order valence-corrected chi connectivity index (χ3v) is 4.02. The minimum Gasteiger partial charge on any atom is -0.507 e. The maximum absolute atomic E-state index is 11.9. The van der Waals surface area contributed by atoms with Gasteiger partial charge in [0.05, 0.1) is 6.21 Å². The summed E-state index contributed by atoms with van der Waals surface area (Å²) in [5.74, 6) is -1.77. The Bertz CT molecular complexity index is 878. The van der Waals surface area contributed by atoms with Crippen molar-refractivity contribution in [2.24, 2.45) is 5.10 Å². The maximum atomic E-state index is 11.9. The molecule has 0 heterocycles. The SMILES string of the molecule is C=CCc1cccc(/C=N\NC(=O)C(=O)Nc2cccc(Cl)c2C)c1O. The summed E-state index contributed by atoms with van der Waals surface area (Å²) in [4.78, 5) is 23.8. The van der Waals surface area contributed by atoms with Crippen LogP contribution in [0.2, 0.25) is 5.02 Å². The van der Waals surface area contributed by atoms with Crippen molar-refractivity contribution < 1.29 is 14.7 Å². The Labute approximate surface area is 156 Å². The van der Waals surface area contributed by atoms with Crippen molar-refractivity contribution in [1.82, 2.24) is 5.43 Å². The quantitative estimate of drug-likeness (QED) is 0.326. The van der Waals surface area contributed by atoms with Gasteiger partial charge >= 0.3 is 11.8 Å². The van der Waals surface area contributed by atoms with Crippen LogP contribution in [-0.2, 0) is 16.0 Å². The van der Waals surface area contributed by atoms with Crippen LogP contribution in [0, 0.1) is 6.92 Å². The second-order valence-corrected chi connectivity index (χ2v) is 5.82. The number of anilines is 1. The van der Waals surface area contributed by atoms with Crippen molar-refractivity contribution in [1.29, 1.82) is 0 Å². The summed E-state index contributed by atoms with van der Waals surface area (Å²) in [7, 11) is 0. The van der Waals surface area contributed by atoms with Gasteiger partial charge in [0.25, 0.3) is 0 Å². The van der Waals surface area contributed by atoms with Gasteiger partial charge in [-0.25, -0.2) is 5.43 Å². The third-order valence-electron chi connectivity index (χ3n) is 3.61. The molecule has 7 heteroatoms. The second kappa shape index (κ2) is 8.82. The molecule has 0 aliphatic heterocycles. The van der Waals surface area contributed by atoms with E-state index in [4.69, 9.17) is 11.6 Å². The number of para-hydroxylation sites is 1. The van der Waals surface area contributed by atoms with Crippen molar-refractivity contribution in [3.63, 3.8) is 0 Å². The Morgan fingerprint density at radius 3 is 2.69 bits per heavy atom. The maximum Gasteiger partial charge on any atom is 0.329 e. The number of hydrazone groups is 1. The molecular weight excluding hydrogens is 354 g/mol. The van der Waals surface area contributed by atoms with Crippen LogP contribution in [0.25, 0.3) is 0 Å². The Morgan fingerprint density at radius 1 is 1.23 bits per heavy atom. The van der Waals surface area contributed by atoms with Crippen molar-refractivity contribution in [2.75, 3.05) is 5.32 Å². The molecule has 0 aliphatic rings. The number of allylic oxidation sites excluding steroid dienone is 1. The molecule has 2 amide bonds. The number of carbonyl (C=O) groups excluding carboxylic acids is 2. The molecule has 2 aromatic carbocycles. The lowest BCUT2D eigenvalue weighted by Crippen LogP contribution is -2.32. The second-order valence-electron chi connectivity index (χ2n) is 5.41. The molecule has 0 aliphatic carbocycles. The monoisotopic (exact) mass is 371 g/mol. The Kier molecular flexibility index (Phi) is 6.52. The number of phenolic OH excluding ortho intramolecular Hbond substituents is 1. The van der Waals surface area contributed by atoms with E-state index in [2.05, 4.69) is 22.4 Å². The molecule has 0 atom stereocenters. The number of aromatic hydroxyl groups is 1. The number of phenols is 1. The first-order valence-electron chi connectivity index (χ1n) is 7.75.